The molecule has 1 aliphatic heterocycles. The molecule has 1 fully saturated rings. The molecule has 0 spiro atoms. The van der Waals surface area contributed by atoms with Crippen molar-refractivity contribution in [2.45, 2.75) is 18.8 Å². The maximum Gasteiger partial charge on any atom is 0.339 e. The van der Waals surface area contributed by atoms with Gasteiger partial charge in [0.15, 0.2) is 0 Å². The number of alkyl halides is 2. The van der Waals surface area contributed by atoms with Crippen LogP contribution in [-0.4, -0.2) is 42.1 Å². The molecule has 3 heterocycles. The fraction of sp³-hybridized carbons (Fsp3) is 0.286. The molecule has 0 bridgehead atoms. The van der Waals surface area contributed by atoms with E-state index in [-0.39, 0.29) is 12.8 Å². The number of halogens is 2. The molecular weight excluding hydrogens is 378 g/mol. The lowest BCUT2D eigenvalue weighted by atomic mass is 10.1. The molecule has 0 saturated carbocycles. The number of ether oxygens (including phenoxy) is 1. The zero-order valence-electron chi connectivity index (χ0n) is 15.9. The standard InChI is InChI=1S/C21H20F2N4O2/c1-29-20(28)14-2-5-19(25-13-14)26-18-6-9-24-17-4-3-15(12-16(17)18)27-10-7-21(22,23)8-11-27/h2-6,9,12-13H,7-8,10-11H2,1H3,(H,24,25,26). The van der Waals surface area contributed by atoms with Crippen LogP contribution in [0.5, 0.6) is 0 Å². The highest BCUT2D eigenvalue weighted by Crippen LogP contribution is 2.33. The van der Waals surface area contributed by atoms with Gasteiger partial charge in [-0.25, -0.2) is 18.6 Å². The van der Waals surface area contributed by atoms with Gasteiger partial charge in [-0.15, -0.1) is 0 Å². The van der Waals surface area contributed by atoms with Gasteiger partial charge in [-0.05, 0) is 36.4 Å². The van der Waals surface area contributed by atoms with Crippen molar-refractivity contribution in [1.29, 1.82) is 0 Å². The topological polar surface area (TPSA) is 67.3 Å². The average molecular weight is 398 g/mol. The number of carbonyl (C=O) groups is 1. The first-order valence-corrected chi connectivity index (χ1v) is 9.28. The van der Waals surface area contributed by atoms with Crippen molar-refractivity contribution in [3.8, 4) is 0 Å². The predicted molar refractivity (Wildman–Crippen MR) is 107 cm³/mol. The summed E-state index contributed by atoms with van der Waals surface area (Å²) < 4.78 is 31.6. The Morgan fingerprint density at radius 3 is 2.62 bits per heavy atom. The van der Waals surface area contributed by atoms with Crippen molar-refractivity contribution in [2.24, 2.45) is 0 Å². The molecule has 0 radical (unpaired) electrons. The molecule has 3 aromatic rings. The first-order chi connectivity index (χ1) is 13.9. The molecule has 0 unspecified atom stereocenters. The Morgan fingerprint density at radius 1 is 1.14 bits per heavy atom. The number of methoxy groups -OCH3 is 1. The summed E-state index contributed by atoms with van der Waals surface area (Å²) in [5.74, 6) is -2.47. The van der Waals surface area contributed by atoms with Crippen molar-refractivity contribution in [2.75, 3.05) is 30.4 Å². The highest BCUT2D eigenvalue weighted by Gasteiger charge is 2.34. The van der Waals surface area contributed by atoms with Gasteiger partial charge >= 0.3 is 5.97 Å². The lowest BCUT2D eigenvalue weighted by Crippen LogP contribution is -2.39. The molecule has 1 N–H and O–H groups in total. The molecule has 29 heavy (non-hydrogen) atoms. The van der Waals surface area contributed by atoms with E-state index in [0.29, 0.717) is 24.5 Å². The Kier molecular flexibility index (Phi) is 5.00. The number of pyridine rings is 2. The van der Waals surface area contributed by atoms with Crippen LogP contribution >= 0.6 is 0 Å². The third kappa shape index (κ3) is 4.11. The normalized spacial score (nSPS) is 15.9. The number of aromatic nitrogens is 2. The Balaban J connectivity index is 1.60. The number of piperidine rings is 1. The van der Waals surface area contributed by atoms with E-state index in [0.717, 1.165) is 22.3 Å². The monoisotopic (exact) mass is 398 g/mol. The first-order valence-electron chi connectivity index (χ1n) is 9.28. The third-order valence-corrected chi connectivity index (χ3v) is 5.03. The summed E-state index contributed by atoms with van der Waals surface area (Å²) in [5, 5.41) is 4.09. The van der Waals surface area contributed by atoms with Crippen LogP contribution in [0.25, 0.3) is 10.9 Å². The van der Waals surface area contributed by atoms with Gasteiger partial charge in [0, 0.05) is 49.4 Å². The lowest BCUT2D eigenvalue weighted by molar-refractivity contribution is -0.0220. The Hall–Kier alpha value is -3.29. The number of nitrogens with one attached hydrogen (secondary N) is 1. The number of fused-ring (bicyclic) bond motifs is 1. The second kappa shape index (κ2) is 7.62. The van der Waals surface area contributed by atoms with Crippen molar-refractivity contribution in [3.63, 3.8) is 0 Å². The van der Waals surface area contributed by atoms with Crippen LogP contribution in [0.3, 0.4) is 0 Å². The zero-order valence-corrected chi connectivity index (χ0v) is 15.9. The van der Waals surface area contributed by atoms with Gasteiger partial charge in [0.1, 0.15) is 5.82 Å². The molecule has 6 nitrogen and oxygen atoms in total. The highest BCUT2D eigenvalue weighted by atomic mass is 19.3. The minimum absolute atomic E-state index is 0.139. The first kappa shape index (κ1) is 19.0. The molecule has 1 saturated heterocycles. The molecule has 0 amide bonds. The van der Waals surface area contributed by atoms with E-state index >= 15 is 0 Å². The molecule has 0 atom stereocenters. The fourth-order valence-electron chi connectivity index (χ4n) is 3.38. The van der Waals surface area contributed by atoms with Crippen molar-refractivity contribution in [3.05, 3.63) is 54.4 Å². The summed E-state index contributed by atoms with van der Waals surface area (Å²) in [6, 6.07) is 10.9. The van der Waals surface area contributed by atoms with E-state index in [4.69, 9.17) is 0 Å². The summed E-state index contributed by atoms with van der Waals surface area (Å²) in [7, 11) is 1.32. The molecule has 2 aromatic heterocycles. The maximum absolute atomic E-state index is 13.5. The number of carbonyl (C=O) groups excluding carboxylic acids is 1. The van der Waals surface area contributed by atoms with Crippen LogP contribution in [-0.2, 0) is 4.74 Å². The Bertz CT molecular complexity index is 1030. The van der Waals surface area contributed by atoms with Crippen molar-refractivity contribution < 1.29 is 18.3 Å². The van der Waals surface area contributed by atoms with Gasteiger partial charge in [0.25, 0.3) is 5.92 Å². The smallest absolute Gasteiger partial charge is 0.339 e. The van der Waals surface area contributed by atoms with E-state index in [2.05, 4.69) is 20.0 Å². The Labute approximate surface area is 166 Å². The van der Waals surface area contributed by atoms with Gasteiger partial charge in [-0.3, -0.25) is 4.98 Å². The molecular formula is C21H20F2N4O2. The summed E-state index contributed by atoms with van der Waals surface area (Å²) >= 11 is 0. The second-order valence-electron chi connectivity index (χ2n) is 6.95. The van der Waals surface area contributed by atoms with Gasteiger partial charge in [-0.2, -0.15) is 0 Å². The molecule has 1 aliphatic rings. The van der Waals surface area contributed by atoms with Gasteiger partial charge in [-0.1, -0.05) is 0 Å². The van der Waals surface area contributed by atoms with E-state index in [1.54, 1.807) is 18.3 Å². The second-order valence-corrected chi connectivity index (χ2v) is 6.95. The summed E-state index contributed by atoms with van der Waals surface area (Å²) in [6.45, 7) is 0.635. The summed E-state index contributed by atoms with van der Waals surface area (Å²) in [4.78, 5) is 22.1. The predicted octanol–water partition coefficient (Wildman–Crippen LogP) is 4.40. The van der Waals surface area contributed by atoms with Crippen LogP contribution in [0, 0.1) is 0 Å². The molecule has 1 aromatic carbocycles. The number of hydrogen-bond acceptors (Lipinski definition) is 6. The number of hydrogen-bond donors (Lipinski definition) is 1. The highest BCUT2D eigenvalue weighted by molar-refractivity contribution is 5.95. The average Bonchev–Trinajstić information content (AvgIpc) is 2.74. The SMILES string of the molecule is COC(=O)c1ccc(Nc2ccnc3ccc(N4CCC(F)(F)CC4)cc23)nc1. The van der Waals surface area contributed by atoms with E-state index in [1.165, 1.54) is 13.3 Å². The van der Waals surface area contributed by atoms with E-state index in [9.17, 15) is 13.6 Å². The Morgan fingerprint density at radius 2 is 1.93 bits per heavy atom. The zero-order chi connectivity index (χ0) is 20.4. The summed E-state index contributed by atoms with van der Waals surface area (Å²) in [5.41, 5.74) is 2.82. The van der Waals surface area contributed by atoms with Crippen molar-refractivity contribution in [1.82, 2.24) is 9.97 Å². The minimum Gasteiger partial charge on any atom is -0.465 e. The van der Waals surface area contributed by atoms with Crippen LogP contribution in [0.1, 0.15) is 23.2 Å². The molecule has 150 valence electrons. The largest absolute Gasteiger partial charge is 0.465 e. The summed E-state index contributed by atoms with van der Waals surface area (Å²) in [6.07, 6.45) is 2.85. The van der Waals surface area contributed by atoms with Crippen LogP contribution in [0.4, 0.5) is 26.0 Å². The third-order valence-electron chi connectivity index (χ3n) is 5.03. The quantitative estimate of drug-likeness (QED) is 0.658. The molecule has 0 aliphatic carbocycles. The number of benzene rings is 1. The van der Waals surface area contributed by atoms with Gasteiger partial charge < -0.3 is 15.0 Å². The van der Waals surface area contributed by atoms with Crippen LogP contribution in [0.2, 0.25) is 0 Å². The molecule has 4 rings (SSSR count). The van der Waals surface area contributed by atoms with Gasteiger partial charge in [0.2, 0.25) is 0 Å². The van der Waals surface area contributed by atoms with Crippen LogP contribution < -0.4 is 10.2 Å². The van der Waals surface area contributed by atoms with Crippen LogP contribution in [0.15, 0.2) is 48.8 Å². The number of nitrogens with zero attached hydrogens (tertiary/aromatic N) is 3. The lowest BCUT2D eigenvalue weighted by Gasteiger charge is -2.33. The maximum atomic E-state index is 13.5. The minimum atomic E-state index is -2.58. The number of anilines is 3. The number of esters is 1. The fourth-order valence-corrected chi connectivity index (χ4v) is 3.38. The van der Waals surface area contributed by atoms with Gasteiger partial charge in [0.05, 0.1) is 23.9 Å². The molecule has 8 heteroatoms. The van der Waals surface area contributed by atoms with E-state index < -0.39 is 11.9 Å². The van der Waals surface area contributed by atoms with Crippen molar-refractivity contribution >= 4 is 34.1 Å². The number of rotatable bonds is 4. The van der Waals surface area contributed by atoms with E-state index in [1.807, 2.05) is 29.2 Å².